The Labute approximate surface area is 113 Å². The summed E-state index contributed by atoms with van der Waals surface area (Å²) in [6.07, 6.45) is 0.893. The number of hydrogen-bond acceptors (Lipinski definition) is 3. The van der Waals surface area contributed by atoms with E-state index in [1.54, 1.807) is 38.1 Å². The number of ketones is 1. The first-order valence-corrected chi connectivity index (χ1v) is 6.47. The molecule has 0 saturated heterocycles. The third-order valence-corrected chi connectivity index (χ3v) is 3.14. The highest BCUT2D eigenvalue weighted by atomic mass is 16.5. The summed E-state index contributed by atoms with van der Waals surface area (Å²) in [6.45, 7) is 5.79. The Balaban J connectivity index is 2.84. The Bertz CT molecular complexity index is 453. The monoisotopic (exact) mass is 264 g/mol. The molecule has 1 rings (SSSR count). The fourth-order valence-electron chi connectivity index (χ4n) is 1.66. The van der Waals surface area contributed by atoms with Gasteiger partial charge in [-0.1, -0.05) is 32.9 Å². The topological polar surface area (TPSA) is 63.6 Å². The number of carboxylic acids is 1. The standard InChI is InChI=1S/C15H20O4/c1-4-8-19-13-7-5-6-12(9-13)14(16)10(2)11(3)15(17)18/h5-7,9-11H,4,8H2,1-3H3,(H,17,18). The molecule has 1 aromatic rings. The van der Waals surface area contributed by atoms with Crippen molar-refractivity contribution in [1.82, 2.24) is 0 Å². The van der Waals surface area contributed by atoms with Crippen LogP contribution in [0.4, 0.5) is 0 Å². The number of Topliss-reactive ketones (excluding diaryl/α,β-unsaturated/α-hetero) is 1. The number of carbonyl (C=O) groups excluding carboxylic acids is 1. The minimum absolute atomic E-state index is 0.170. The number of carbonyl (C=O) groups is 2. The lowest BCUT2D eigenvalue weighted by Crippen LogP contribution is -2.25. The highest BCUT2D eigenvalue weighted by Crippen LogP contribution is 2.21. The van der Waals surface area contributed by atoms with Crippen LogP contribution >= 0.6 is 0 Å². The van der Waals surface area contributed by atoms with Crippen molar-refractivity contribution in [2.75, 3.05) is 6.61 Å². The first-order chi connectivity index (χ1) is 8.97. The van der Waals surface area contributed by atoms with Crippen molar-refractivity contribution in [2.45, 2.75) is 27.2 Å². The number of benzene rings is 1. The molecular formula is C15H20O4. The van der Waals surface area contributed by atoms with Crippen LogP contribution in [0.3, 0.4) is 0 Å². The average Bonchev–Trinajstić information content (AvgIpc) is 2.42. The Morgan fingerprint density at radius 1 is 1.26 bits per heavy atom. The molecule has 2 atom stereocenters. The molecule has 0 saturated carbocycles. The van der Waals surface area contributed by atoms with Crippen LogP contribution in [0.15, 0.2) is 24.3 Å². The maximum absolute atomic E-state index is 12.2. The summed E-state index contributed by atoms with van der Waals surface area (Å²) in [5, 5.41) is 8.94. The van der Waals surface area contributed by atoms with Crippen molar-refractivity contribution in [2.24, 2.45) is 11.8 Å². The van der Waals surface area contributed by atoms with E-state index in [2.05, 4.69) is 0 Å². The molecular weight excluding hydrogens is 244 g/mol. The third kappa shape index (κ3) is 4.09. The summed E-state index contributed by atoms with van der Waals surface area (Å²) in [5.74, 6) is -1.74. The molecule has 0 spiro atoms. The summed E-state index contributed by atoms with van der Waals surface area (Å²) in [5.41, 5.74) is 0.495. The van der Waals surface area contributed by atoms with E-state index >= 15 is 0 Å². The van der Waals surface area contributed by atoms with Gasteiger partial charge in [0, 0.05) is 11.5 Å². The van der Waals surface area contributed by atoms with Gasteiger partial charge in [-0.3, -0.25) is 9.59 Å². The molecule has 0 aliphatic heterocycles. The van der Waals surface area contributed by atoms with Crippen LogP contribution in [0.2, 0.25) is 0 Å². The fraction of sp³-hybridized carbons (Fsp3) is 0.467. The second-order valence-electron chi connectivity index (χ2n) is 4.66. The van der Waals surface area contributed by atoms with Crippen LogP contribution in [-0.4, -0.2) is 23.5 Å². The highest BCUT2D eigenvalue weighted by Gasteiger charge is 2.26. The quantitative estimate of drug-likeness (QED) is 0.769. The number of hydrogen-bond donors (Lipinski definition) is 1. The van der Waals surface area contributed by atoms with Crippen molar-refractivity contribution < 1.29 is 19.4 Å². The molecule has 2 unspecified atom stereocenters. The van der Waals surface area contributed by atoms with E-state index in [1.165, 1.54) is 0 Å². The SMILES string of the molecule is CCCOc1cccc(C(=O)C(C)C(C)C(=O)O)c1. The van der Waals surface area contributed by atoms with Gasteiger partial charge in [-0.25, -0.2) is 0 Å². The Morgan fingerprint density at radius 3 is 2.53 bits per heavy atom. The largest absolute Gasteiger partial charge is 0.494 e. The van der Waals surface area contributed by atoms with Crippen LogP contribution in [0, 0.1) is 11.8 Å². The van der Waals surface area contributed by atoms with Gasteiger partial charge < -0.3 is 9.84 Å². The number of rotatable bonds is 7. The molecule has 0 aliphatic rings. The molecule has 0 aromatic heterocycles. The van der Waals surface area contributed by atoms with E-state index in [0.29, 0.717) is 17.9 Å². The smallest absolute Gasteiger partial charge is 0.306 e. The number of aliphatic carboxylic acids is 1. The van der Waals surface area contributed by atoms with Crippen molar-refractivity contribution in [1.29, 1.82) is 0 Å². The summed E-state index contributed by atoms with van der Waals surface area (Å²) in [4.78, 5) is 23.1. The van der Waals surface area contributed by atoms with Gasteiger partial charge in [-0.15, -0.1) is 0 Å². The van der Waals surface area contributed by atoms with Crippen molar-refractivity contribution in [3.05, 3.63) is 29.8 Å². The van der Waals surface area contributed by atoms with E-state index < -0.39 is 17.8 Å². The lowest BCUT2D eigenvalue weighted by Gasteiger charge is -2.15. The fourth-order valence-corrected chi connectivity index (χ4v) is 1.66. The van der Waals surface area contributed by atoms with Gasteiger partial charge in [0.25, 0.3) is 0 Å². The van der Waals surface area contributed by atoms with E-state index in [9.17, 15) is 9.59 Å². The number of carboxylic acid groups (broad SMARTS) is 1. The molecule has 0 bridgehead atoms. The lowest BCUT2D eigenvalue weighted by molar-refractivity contribution is -0.142. The minimum Gasteiger partial charge on any atom is -0.494 e. The second-order valence-corrected chi connectivity index (χ2v) is 4.66. The first kappa shape index (κ1) is 15.2. The summed E-state index contributed by atoms with van der Waals surface area (Å²) in [6, 6.07) is 6.89. The molecule has 104 valence electrons. The lowest BCUT2D eigenvalue weighted by atomic mass is 9.88. The van der Waals surface area contributed by atoms with Crippen LogP contribution in [0.1, 0.15) is 37.6 Å². The maximum Gasteiger partial charge on any atom is 0.306 e. The van der Waals surface area contributed by atoms with Gasteiger partial charge in [0.2, 0.25) is 0 Å². The van der Waals surface area contributed by atoms with Crippen LogP contribution < -0.4 is 4.74 Å². The van der Waals surface area contributed by atoms with E-state index in [1.807, 2.05) is 6.92 Å². The zero-order valence-corrected chi connectivity index (χ0v) is 11.6. The van der Waals surface area contributed by atoms with Crippen LogP contribution in [0.25, 0.3) is 0 Å². The summed E-state index contributed by atoms with van der Waals surface area (Å²) in [7, 11) is 0. The van der Waals surface area contributed by atoms with Crippen LogP contribution in [0.5, 0.6) is 5.75 Å². The normalized spacial score (nSPS) is 13.6. The van der Waals surface area contributed by atoms with Crippen molar-refractivity contribution in [3.63, 3.8) is 0 Å². The average molecular weight is 264 g/mol. The predicted molar refractivity (Wildman–Crippen MR) is 72.5 cm³/mol. The third-order valence-electron chi connectivity index (χ3n) is 3.14. The zero-order valence-electron chi connectivity index (χ0n) is 11.6. The molecule has 19 heavy (non-hydrogen) atoms. The Kier molecular flexibility index (Phi) is 5.55. The van der Waals surface area contributed by atoms with Gasteiger partial charge in [0.1, 0.15) is 5.75 Å². The number of ether oxygens (including phenoxy) is 1. The molecule has 1 N–H and O–H groups in total. The second kappa shape index (κ2) is 6.92. The van der Waals surface area contributed by atoms with Crippen molar-refractivity contribution >= 4 is 11.8 Å². The van der Waals surface area contributed by atoms with Crippen LogP contribution in [-0.2, 0) is 4.79 Å². The van der Waals surface area contributed by atoms with Gasteiger partial charge >= 0.3 is 5.97 Å². The maximum atomic E-state index is 12.2. The zero-order chi connectivity index (χ0) is 14.4. The van der Waals surface area contributed by atoms with E-state index in [-0.39, 0.29) is 5.78 Å². The minimum atomic E-state index is -0.959. The molecule has 0 aliphatic carbocycles. The molecule has 0 fully saturated rings. The summed E-state index contributed by atoms with van der Waals surface area (Å²) >= 11 is 0. The van der Waals surface area contributed by atoms with Crippen molar-refractivity contribution in [3.8, 4) is 5.75 Å². The molecule has 4 nitrogen and oxygen atoms in total. The predicted octanol–water partition coefficient (Wildman–Crippen LogP) is 3.01. The van der Waals surface area contributed by atoms with E-state index in [4.69, 9.17) is 9.84 Å². The highest BCUT2D eigenvalue weighted by molar-refractivity contribution is 5.99. The summed E-state index contributed by atoms with van der Waals surface area (Å²) < 4.78 is 5.47. The van der Waals surface area contributed by atoms with Gasteiger partial charge in [-0.05, 0) is 18.6 Å². The molecule has 4 heteroatoms. The molecule has 0 radical (unpaired) electrons. The Hall–Kier alpha value is -1.84. The first-order valence-electron chi connectivity index (χ1n) is 6.47. The van der Waals surface area contributed by atoms with Gasteiger partial charge in [0.15, 0.2) is 5.78 Å². The van der Waals surface area contributed by atoms with Gasteiger partial charge in [-0.2, -0.15) is 0 Å². The van der Waals surface area contributed by atoms with Gasteiger partial charge in [0.05, 0.1) is 12.5 Å². The molecule has 1 aromatic carbocycles. The Morgan fingerprint density at radius 2 is 1.95 bits per heavy atom. The van der Waals surface area contributed by atoms with E-state index in [0.717, 1.165) is 6.42 Å². The molecule has 0 heterocycles. The molecule has 0 amide bonds.